The van der Waals surface area contributed by atoms with Gasteiger partial charge < -0.3 is 63.3 Å². The molecule has 4 rings (SSSR count). The van der Waals surface area contributed by atoms with Crippen LogP contribution in [0.3, 0.4) is 0 Å². The topological polar surface area (TPSA) is 292 Å². The molecule has 1 aliphatic heterocycles. The molecule has 0 aliphatic carbocycles. The molecule has 0 fully saturated rings. The van der Waals surface area contributed by atoms with Gasteiger partial charge in [-0.1, -0.05) is 44.4 Å². The predicted molar refractivity (Wildman–Crippen MR) is 242 cm³/mol. The van der Waals surface area contributed by atoms with Crippen molar-refractivity contribution in [3.05, 3.63) is 76.9 Å². The van der Waals surface area contributed by atoms with Crippen LogP contribution in [0.4, 0.5) is 0 Å². The van der Waals surface area contributed by atoms with Gasteiger partial charge in [0, 0.05) is 44.2 Å². The van der Waals surface area contributed by atoms with E-state index in [-0.39, 0.29) is 70.9 Å². The third-order valence-electron chi connectivity index (χ3n) is 10.6. The summed E-state index contributed by atoms with van der Waals surface area (Å²) in [5.74, 6) is -2.20. The Morgan fingerprint density at radius 2 is 1.48 bits per heavy atom. The van der Waals surface area contributed by atoms with Gasteiger partial charge in [0.05, 0.1) is 11.6 Å². The maximum Gasteiger partial charge on any atom is 0.255 e. The van der Waals surface area contributed by atoms with E-state index in [9.17, 15) is 24.0 Å². The summed E-state index contributed by atoms with van der Waals surface area (Å²) < 4.78 is 18.1. The van der Waals surface area contributed by atoms with Crippen molar-refractivity contribution in [2.75, 3.05) is 59.6 Å². The Morgan fingerprint density at radius 3 is 2.12 bits per heavy atom. The number of hydrogen-bond acceptors (Lipinski definition) is 13. The molecule has 0 spiro atoms. The first-order valence-corrected chi connectivity index (χ1v) is 21.8. The number of rotatable bonds is 22. The summed E-state index contributed by atoms with van der Waals surface area (Å²) >= 11 is 0. The highest BCUT2D eigenvalue weighted by molar-refractivity contribution is 6.01. The van der Waals surface area contributed by atoms with Crippen LogP contribution in [0.15, 0.2) is 54.6 Å². The fourth-order valence-electron chi connectivity index (χ4n) is 7.32. The van der Waals surface area contributed by atoms with Crippen LogP contribution >= 0.6 is 0 Å². The number of unbranched alkanes of at least 4 members (excludes halogenated alkanes) is 3. The van der Waals surface area contributed by atoms with Crippen LogP contribution in [-0.2, 0) is 32.0 Å². The standard InChI is InChI=1S/C46H64N10O8/c1-4-5-6-7-8-30-9-12-33(40(27-30)64-24-20-51)43(58)54-36(15-16-47)46(61)56(3)41-32-11-14-39(63-23-19-50)35(28-32)34-25-31(10-13-38(34)62-22-18-49)26-37(44(59)52-21-17-48)55-42(57)29(2)53-45(41)60/h9-14,25,27-29,36-37,41H,4-8,15-16,18-24,26,47,49-51H2,1-3H3,(H,52,59)(H,53,60)(H,54,58)(H,55,57)/t29-,36-,37-,41-/m0/s1. The van der Waals surface area contributed by atoms with Gasteiger partial charge in [-0.2, -0.15) is 5.26 Å². The van der Waals surface area contributed by atoms with Crippen molar-refractivity contribution in [3.8, 4) is 34.4 Å². The fraction of sp³-hybridized carbons (Fsp3) is 0.478. The highest BCUT2D eigenvalue weighted by atomic mass is 16.5. The number of aryl methyl sites for hydroxylation is 1. The summed E-state index contributed by atoms with van der Waals surface area (Å²) in [7, 11) is 1.42. The SMILES string of the molecule is CCCCCCc1ccc(C(=O)N[C@@H](CCN)C(=O)N(C)[C@@H]2C(=O)N[C@@H](C)C(=O)N[C@H](C(=O)NCC#N)Cc3ccc(OCCN)c(c3)-c3cc2ccc3OCCN)c(OCCN)c1. The first kappa shape index (κ1) is 50.4. The van der Waals surface area contributed by atoms with Crippen molar-refractivity contribution in [2.24, 2.45) is 22.9 Å². The first-order valence-electron chi connectivity index (χ1n) is 21.8. The van der Waals surface area contributed by atoms with E-state index in [0.29, 0.717) is 39.5 Å². The van der Waals surface area contributed by atoms with E-state index in [0.717, 1.165) is 37.7 Å². The number of carbonyl (C=O) groups excluding carboxylic acids is 5. The van der Waals surface area contributed by atoms with E-state index >= 15 is 0 Å². The van der Waals surface area contributed by atoms with E-state index in [4.69, 9.17) is 42.4 Å². The molecule has 0 radical (unpaired) electrons. The van der Waals surface area contributed by atoms with Crippen LogP contribution in [0.5, 0.6) is 17.2 Å². The number of benzene rings is 3. The van der Waals surface area contributed by atoms with Crippen LogP contribution in [0.25, 0.3) is 11.1 Å². The van der Waals surface area contributed by atoms with E-state index in [1.165, 1.54) is 18.9 Å². The zero-order chi connectivity index (χ0) is 46.6. The summed E-state index contributed by atoms with van der Waals surface area (Å²) in [6, 6.07) is 12.4. The van der Waals surface area contributed by atoms with Crippen molar-refractivity contribution in [1.82, 2.24) is 26.2 Å². The lowest BCUT2D eigenvalue weighted by Gasteiger charge is -2.32. The number of hydrogen-bond donors (Lipinski definition) is 8. The number of nitrogens with zero attached hydrogens (tertiary/aromatic N) is 2. The van der Waals surface area contributed by atoms with Crippen molar-refractivity contribution in [2.45, 2.75) is 83.0 Å². The van der Waals surface area contributed by atoms with Gasteiger partial charge in [-0.25, -0.2) is 0 Å². The summed E-state index contributed by atoms with van der Waals surface area (Å²) in [4.78, 5) is 71.5. The third-order valence-corrected chi connectivity index (χ3v) is 10.6. The lowest BCUT2D eigenvalue weighted by molar-refractivity contribution is -0.141. The Hall–Kier alpha value is -6.26. The lowest BCUT2D eigenvalue weighted by Crippen LogP contribution is -2.56. The van der Waals surface area contributed by atoms with Crippen LogP contribution in [0, 0.1) is 11.3 Å². The highest BCUT2D eigenvalue weighted by Crippen LogP contribution is 2.40. The van der Waals surface area contributed by atoms with Crippen molar-refractivity contribution in [3.63, 3.8) is 0 Å². The van der Waals surface area contributed by atoms with E-state index in [2.05, 4.69) is 28.2 Å². The summed E-state index contributed by atoms with van der Waals surface area (Å²) in [6.45, 7) is 4.36. The summed E-state index contributed by atoms with van der Waals surface area (Å²) in [5.41, 5.74) is 26.5. The average Bonchev–Trinajstić information content (AvgIpc) is 3.29. The van der Waals surface area contributed by atoms with Crippen LogP contribution < -0.4 is 58.4 Å². The largest absolute Gasteiger partial charge is 0.492 e. The van der Waals surface area contributed by atoms with Gasteiger partial charge in [-0.15, -0.1) is 0 Å². The first-order chi connectivity index (χ1) is 30.9. The van der Waals surface area contributed by atoms with Gasteiger partial charge in [0.1, 0.15) is 67.8 Å². The minimum atomic E-state index is -1.40. The minimum absolute atomic E-state index is 0.00443. The number of fused-ring (bicyclic) bond motifs is 5. The quantitative estimate of drug-likeness (QED) is 0.0523. The minimum Gasteiger partial charge on any atom is -0.492 e. The van der Waals surface area contributed by atoms with Gasteiger partial charge in [-0.3, -0.25) is 24.0 Å². The second-order valence-electron chi connectivity index (χ2n) is 15.5. The molecule has 0 aromatic heterocycles. The predicted octanol–water partition coefficient (Wildman–Crippen LogP) is 1.32. The van der Waals surface area contributed by atoms with Crippen LogP contribution in [-0.4, -0.2) is 112 Å². The molecule has 12 N–H and O–H groups in total. The second-order valence-corrected chi connectivity index (χ2v) is 15.5. The zero-order valence-corrected chi connectivity index (χ0v) is 37.1. The Morgan fingerprint density at radius 1 is 0.828 bits per heavy atom. The second kappa shape index (κ2) is 25.8. The fourth-order valence-corrected chi connectivity index (χ4v) is 7.32. The third kappa shape index (κ3) is 13.9. The van der Waals surface area contributed by atoms with Gasteiger partial charge in [0.15, 0.2) is 0 Å². The molecule has 0 saturated heterocycles. The molecule has 1 aliphatic rings. The van der Waals surface area contributed by atoms with Crippen molar-refractivity contribution < 1.29 is 38.2 Å². The van der Waals surface area contributed by atoms with Gasteiger partial charge in [-0.05, 0) is 85.8 Å². The zero-order valence-electron chi connectivity index (χ0n) is 37.1. The van der Waals surface area contributed by atoms with Gasteiger partial charge in [0.25, 0.3) is 5.91 Å². The van der Waals surface area contributed by atoms with Gasteiger partial charge >= 0.3 is 0 Å². The van der Waals surface area contributed by atoms with E-state index in [1.807, 2.05) is 18.2 Å². The molecule has 4 atom stereocenters. The van der Waals surface area contributed by atoms with Crippen molar-refractivity contribution >= 4 is 29.5 Å². The van der Waals surface area contributed by atoms with E-state index in [1.54, 1.807) is 42.5 Å². The number of carbonyl (C=O) groups is 5. The number of ether oxygens (including phenoxy) is 3. The monoisotopic (exact) mass is 884 g/mol. The summed E-state index contributed by atoms with van der Waals surface area (Å²) in [5, 5.41) is 19.9. The molecule has 18 heteroatoms. The Kier molecular flexibility index (Phi) is 20.3. The lowest BCUT2D eigenvalue weighted by atomic mass is 9.93. The smallest absolute Gasteiger partial charge is 0.255 e. The Bertz CT molecular complexity index is 2110. The van der Waals surface area contributed by atoms with Crippen LogP contribution in [0.1, 0.15) is 79.0 Å². The number of nitrogens with one attached hydrogen (secondary N) is 4. The number of amides is 5. The number of likely N-dealkylation sites (N-methyl/N-ethyl adjacent to an activating group) is 1. The molecule has 3 aromatic rings. The molecular weight excluding hydrogens is 821 g/mol. The maximum absolute atomic E-state index is 14.7. The van der Waals surface area contributed by atoms with E-state index < -0.39 is 53.7 Å². The van der Waals surface area contributed by atoms with Gasteiger partial charge in [0.2, 0.25) is 23.6 Å². The molecule has 64 heavy (non-hydrogen) atoms. The number of nitrogens with two attached hydrogens (primary N) is 4. The molecule has 3 aromatic carbocycles. The normalized spacial score (nSPS) is 16.5. The number of nitriles is 1. The Labute approximate surface area is 375 Å². The molecule has 346 valence electrons. The molecule has 0 unspecified atom stereocenters. The molecule has 4 bridgehead atoms. The maximum atomic E-state index is 14.7. The summed E-state index contributed by atoms with van der Waals surface area (Å²) in [6.07, 6.45) is 5.11. The molecule has 0 saturated carbocycles. The van der Waals surface area contributed by atoms with Crippen molar-refractivity contribution in [1.29, 1.82) is 5.26 Å². The molecule has 5 amide bonds. The average molecular weight is 885 g/mol. The molecular formula is C46H64N10O8. The van der Waals surface area contributed by atoms with Crippen LogP contribution in [0.2, 0.25) is 0 Å². The highest BCUT2D eigenvalue weighted by Gasteiger charge is 2.36. The molecule has 1 heterocycles. The molecule has 18 nitrogen and oxygen atoms in total. The Balaban J connectivity index is 1.82.